The number of carbonyl (C=O) groups is 1. The molecule has 0 radical (unpaired) electrons. The van der Waals surface area contributed by atoms with Crippen LogP contribution in [-0.2, 0) is 14.3 Å². The fourth-order valence-electron chi connectivity index (χ4n) is 0.615. The first-order chi connectivity index (χ1) is 5.24. The Labute approximate surface area is 70.9 Å². The first-order valence-electron chi connectivity index (χ1n) is 3.16. The topological polar surface area (TPSA) is 47.6 Å². The van der Waals surface area contributed by atoms with Crippen LogP contribution in [-0.4, -0.2) is 32.8 Å². The molecule has 0 aromatic carbocycles. The fourth-order valence-corrected chi connectivity index (χ4v) is 0.755. The number of esters is 1. The summed E-state index contributed by atoms with van der Waals surface area (Å²) in [4.78, 5) is 13.1. The van der Waals surface area contributed by atoms with Gasteiger partial charge in [-0.15, -0.1) is 0 Å². The molecule has 0 heterocycles. The molecule has 1 atom stereocenters. The van der Waals surface area contributed by atoms with Gasteiger partial charge in [0.05, 0.1) is 26.2 Å². The van der Waals surface area contributed by atoms with Gasteiger partial charge in [-0.1, -0.05) is 0 Å². The molecule has 11 heavy (non-hydrogen) atoms. The number of hydrogen-bond donors (Lipinski definition) is 1. The summed E-state index contributed by atoms with van der Waals surface area (Å²) in [6.07, 6.45) is 0.216. The molecule has 0 aliphatic carbocycles. The van der Waals surface area contributed by atoms with Crippen molar-refractivity contribution in [2.75, 3.05) is 20.8 Å². The second-order valence-corrected chi connectivity index (χ2v) is 2.26. The number of carbonyl (C=O) groups excluding carboxylic acids is 1. The van der Waals surface area contributed by atoms with E-state index in [1.165, 1.54) is 7.11 Å². The van der Waals surface area contributed by atoms with E-state index in [4.69, 9.17) is 16.5 Å². The minimum absolute atomic E-state index is 0.186. The largest absolute Gasteiger partial charge is 0.469 e. The van der Waals surface area contributed by atoms with Crippen LogP contribution in [0.2, 0.25) is 0 Å². The molecule has 0 aromatic heterocycles. The molecule has 0 fully saturated rings. The molecule has 0 aromatic rings. The van der Waals surface area contributed by atoms with Gasteiger partial charge in [-0.3, -0.25) is 4.79 Å². The highest BCUT2D eigenvalue weighted by Crippen LogP contribution is 1.95. The number of methoxy groups -OCH3 is 2. The highest BCUT2D eigenvalue weighted by Gasteiger charge is 2.11. The number of nitrogens with one attached hydrogen (secondary N) is 1. The van der Waals surface area contributed by atoms with Crippen molar-refractivity contribution >= 4 is 17.7 Å². The van der Waals surface area contributed by atoms with E-state index in [-0.39, 0.29) is 18.4 Å². The van der Waals surface area contributed by atoms with Crippen LogP contribution < -0.4 is 4.84 Å². The summed E-state index contributed by atoms with van der Waals surface area (Å²) in [5, 5.41) is 0. The maximum Gasteiger partial charge on any atom is 0.307 e. The second-order valence-electron chi connectivity index (χ2n) is 2.04. The van der Waals surface area contributed by atoms with Crippen molar-refractivity contribution in [2.45, 2.75) is 12.5 Å². The Balaban J connectivity index is 3.58. The second kappa shape index (κ2) is 6.39. The van der Waals surface area contributed by atoms with Gasteiger partial charge in [0.25, 0.3) is 0 Å². The third-order valence-electron chi connectivity index (χ3n) is 1.16. The standard InChI is InChI=1S/C6H12ClNO3/c1-10-4-5(8-7)3-6(9)11-2/h5,8H,3-4H2,1-2H3/t5-/m1/s1. The Bertz CT molecular complexity index is 120. The van der Waals surface area contributed by atoms with E-state index in [0.29, 0.717) is 6.61 Å². The predicted octanol–water partition coefficient (Wildman–Crippen LogP) is 0.308. The third kappa shape index (κ3) is 5.01. The molecule has 0 rings (SSSR count). The molecule has 1 N–H and O–H groups in total. The minimum atomic E-state index is -0.305. The van der Waals surface area contributed by atoms with Crippen LogP contribution in [0.3, 0.4) is 0 Å². The van der Waals surface area contributed by atoms with Crippen molar-refractivity contribution in [3.05, 3.63) is 0 Å². The molecule has 4 nitrogen and oxygen atoms in total. The zero-order chi connectivity index (χ0) is 8.69. The highest BCUT2D eigenvalue weighted by atomic mass is 35.5. The van der Waals surface area contributed by atoms with Crippen LogP contribution >= 0.6 is 11.8 Å². The van der Waals surface area contributed by atoms with Crippen LogP contribution in [0.5, 0.6) is 0 Å². The van der Waals surface area contributed by atoms with E-state index >= 15 is 0 Å². The zero-order valence-electron chi connectivity index (χ0n) is 6.59. The van der Waals surface area contributed by atoms with Gasteiger partial charge in [0.1, 0.15) is 0 Å². The van der Waals surface area contributed by atoms with Crippen molar-refractivity contribution in [1.82, 2.24) is 4.84 Å². The molecule has 0 unspecified atom stereocenters. The number of ether oxygens (including phenoxy) is 2. The molecular formula is C6H12ClNO3. The van der Waals surface area contributed by atoms with E-state index in [0.717, 1.165) is 0 Å². The maximum atomic E-state index is 10.7. The van der Waals surface area contributed by atoms with Crippen molar-refractivity contribution < 1.29 is 14.3 Å². The Morgan fingerprint density at radius 2 is 2.27 bits per heavy atom. The van der Waals surface area contributed by atoms with E-state index in [1.807, 2.05) is 0 Å². The molecule has 66 valence electrons. The summed E-state index contributed by atoms with van der Waals surface area (Å²) in [6.45, 7) is 0.388. The van der Waals surface area contributed by atoms with Crippen molar-refractivity contribution in [3.63, 3.8) is 0 Å². The maximum absolute atomic E-state index is 10.7. The number of hydrogen-bond acceptors (Lipinski definition) is 4. The molecule has 0 saturated heterocycles. The van der Waals surface area contributed by atoms with Gasteiger partial charge in [0.15, 0.2) is 0 Å². The fraction of sp³-hybridized carbons (Fsp3) is 0.833. The summed E-state index contributed by atoms with van der Waals surface area (Å²) < 4.78 is 9.22. The smallest absolute Gasteiger partial charge is 0.307 e. The average molecular weight is 182 g/mol. The van der Waals surface area contributed by atoms with Crippen molar-refractivity contribution in [3.8, 4) is 0 Å². The summed E-state index contributed by atoms with van der Waals surface area (Å²) in [6, 6.07) is -0.186. The van der Waals surface area contributed by atoms with E-state index < -0.39 is 0 Å². The summed E-state index contributed by atoms with van der Waals surface area (Å²) in [7, 11) is 2.87. The first kappa shape index (κ1) is 10.7. The summed E-state index contributed by atoms with van der Waals surface area (Å²) in [5.74, 6) is -0.305. The lowest BCUT2D eigenvalue weighted by molar-refractivity contribution is -0.141. The van der Waals surface area contributed by atoms with Crippen LogP contribution in [0.4, 0.5) is 0 Å². The Hall–Kier alpha value is -0.320. The third-order valence-corrected chi connectivity index (χ3v) is 1.47. The van der Waals surface area contributed by atoms with Crippen molar-refractivity contribution in [1.29, 1.82) is 0 Å². The quantitative estimate of drug-likeness (QED) is 0.490. The molecule has 0 amide bonds. The van der Waals surface area contributed by atoms with Crippen LogP contribution in [0.25, 0.3) is 0 Å². The lowest BCUT2D eigenvalue weighted by Gasteiger charge is -2.10. The van der Waals surface area contributed by atoms with Crippen molar-refractivity contribution in [2.24, 2.45) is 0 Å². The van der Waals surface area contributed by atoms with Gasteiger partial charge in [-0.05, 0) is 11.8 Å². The van der Waals surface area contributed by atoms with Crippen LogP contribution in [0.1, 0.15) is 6.42 Å². The highest BCUT2D eigenvalue weighted by molar-refractivity contribution is 6.13. The monoisotopic (exact) mass is 181 g/mol. The van der Waals surface area contributed by atoms with E-state index in [1.54, 1.807) is 7.11 Å². The SMILES string of the molecule is COC[C@@H](CC(=O)OC)NCl. The average Bonchev–Trinajstić information content (AvgIpc) is 2.03. The Morgan fingerprint density at radius 1 is 1.64 bits per heavy atom. The Morgan fingerprint density at radius 3 is 2.64 bits per heavy atom. The van der Waals surface area contributed by atoms with Gasteiger partial charge in [0, 0.05) is 7.11 Å². The normalized spacial score (nSPS) is 12.6. The van der Waals surface area contributed by atoms with Gasteiger partial charge >= 0.3 is 5.97 Å². The van der Waals surface area contributed by atoms with E-state index in [9.17, 15) is 4.79 Å². The van der Waals surface area contributed by atoms with Gasteiger partial charge in [0.2, 0.25) is 0 Å². The molecule has 0 bridgehead atoms. The molecular weight excluding hydrogens is 170 g/mol. The van der Waals surface area contributed by atoms with Crippen LogP contribution in [0, 0.1) is 0 Å². The lowest BCUT2D eigenvalue weighted by Crippen LogP contribution is -2.29. The van der Waals surface area contributed by atoms with Gasteiger partial charge < -0.3 is 9.47 Å². The lowest BCUT2D eigenvalue weighted by atomic mass is 10.2. The Kier molecular flexibility index (Phi) is 6.21. The van der Waals surface area contributed by atoms with Gasteiger partial charge in [-0.2, -0.15) is 0 Å². The van der Waals surface area contributed by atoms with Crippen LogP contribution in [0.15, 0.2) is 0 Å². The predicted molar refractivity (Wildman–Crippen MR) is 41.3 cm³/mol. The molecule has 0 saturated carbocycles. The summed E-state index contributed by atoms with van der Waals surface area (Å²) >= 11 is 5.31. The zero-order valence-corrected chi connectivity index (χ0v) is 7.35. The molecule has 5 heteroatoms. The molecule has 0 aliphatic heterocycles. The minimum Gasteiger partial charge on any atom is -0.469 e. The first-order valence-corrected chi connectivity index (χ1v) is 3.54. The molecule has 0 spiro atoms. The number of halogens is 1. The van der Waals surface area contributed by atoms with E-state index in [2.05, 4.69) is 9.57 Å². The molecule has 0 aliphatic rings. The summed E-state index contributed by atoms with van der Waals surface area (Å²) in [5.41, 5.74) is 0. The number of rotatable bonds is 5. The van der Waals surface area contributed by atoms with Gasteiger partial charge in [-0.25, -0.2) is 4.84 Å².